The van der Waals surface area contributed by atoms with Crippen LogP contribution in [-0.4, -0.2) is 33.5 Å². The van der Waals surface area contributed by atoms with Crippen molar-refractivity contribution in [2.45, 2.75) is 20.0 Å². The Balaban J connectivity index is 1.58. The number of benzene rings is 1. The molecule has 0 aliphatic heterocycles. The molecule has 2 aromatic heterocycles. The minimum atomic E-state index is -0.0897. The minimum absolute atomic E-state index is 0.0897. The number of hydrogen-bond acceptors (Lipinski definition) is 4. The van der Waals surface area contributed by atoms with Crippen LogP contribution in [0.1, 0.15) is 18.3 Å². The largest absolute Gasteiger partial charge is 0.352 e. The molecule has 0 saturated carbocycles. The number of carbonyl (C=O) groups is 1. The van der Waals surface area contributed by atoms with Gasteiger partial charge in [-0.15, -0.1) is 10.2 Å². The summed E-state index contributed by atoms with van der Waals surface area (Å²) in [5.41, 5.74) is 2.61. The molecule has 3 aromatic rings. The maximum Gasteiger partial charge on any atom is 0.221 e. The zero-order valence-corrected chi connectivity index (χ0v) is 14.7. The first-order chi connectivity index (χ1) is 12.7. The van der Waals surface area contributed by atoms with E-state index in [1.165, 1.54) is 6.92 Å². The van der Waals surface area contributed by atoms with Crippen LogP contribution in [0.15, 0.2) is 53.7 Å². The molecule has 0 radical (unpaired) electrons. The van der Waals surface area contributed by atoms with Crippen molar-refractivity contribution in [2.24, 2.45) is 4.99 Å². The first-order valence-corrected chi connectivity index (χ1v) is 8.25. The van der Waals surface area contributed by atoms with Crippen molar-refractivity contribution in [2.75, 3.05) is 12.4 Å². The molecule has 0 saturated heterocycles. The molecule has 3 N–H and O–H groups in total. The first-order valence-electron chi connectivity index (χ1n) is 8.25. The second-order valence-corrected chi connectivity index (χ2v) is 5.71. The number of guanidine groups is 1. The summed E-state index contributed by atoms with van der Waals surface area (Å²) in [7, 11) is 1.71. The normalized spacial score (nSPS) is 11.4. The predicted molar refractivity (Wildman–Crippen MR) is 101 cm³/mol. The van der Waals surface area contributed by atoms with Gasteiger partial charge in [-0.2, -0.15) is 0 Å². The van der Waals surface area contributed by atoms with Gasteiger partial charge < -0.3 is 16.0 Å². The summed E-state index contributed by atoms with van der Waals surface area (Å²) in [6.45, 7) is 2.56. The van der Waals surface area contributed by atoms with Gasteiger partial charge in [-0.1, -0.05) is 18.2 Å². The van der Waals surface area contributed by atoms with Gasteiger partial charge in [-0.25, -0.2) is 0 Å². The third-order valence-electron chi connectivity index (χ3n) is 3.73. The molecule has 0 atom stereocenters. The molecular weight excluding hydrogens is 330 g/mol. The number of fused-ring (bicyclic) bond motifs is 1. The molecule has 0 bridgehead atoms. The molecule has 0 aliphatic carbocycles. The van der Waals surface area contributed by atoms with E-state index in [2.05, 4.69) is 31.1 Å². The van der Waals surface area contributed by atoms with Gasteiger partial charge in [0.1, 0.15) is 0 Å². The Morgan fingerprint density at radius 1 is 1.12 bits per heavy atom. The van der Waals surface area contributed by atoms with E-state index in [4.69, 9.17) is 0 Å². The number of carbonyl (C=O) groups excluding carboxylic acids is 1. The van der Waals surface area contributed by atoms with Crippen LogP contribution < -0.4 is 16.0 Å². The molecule has 26 heavy (non-hydrogen) atoms. The van der Waals surface area contributed by atoms with Crippen molar-refractivity contribution in [3.05, 3.63) is 60.0 Å². The van der Waals surface area contributed by atoms with E-state index in [1.807, 2.05) is 53.1 Å². The van der Waals surface area contributed by atoms with Crippen molar-refractivity contribution in [3.63, 3.8) is 0 Å². The van der Waals surface area contributed by atoms with E-state index in [1.54, 1.807) is 7.05 Å². The SMILES string of the molecule is CN=C(NCc1cccc(NC(C)=O)c1)NCc1nnc2ccccn12. The molecule has 0 aliphatic rings. The molecular formula is C18H21N7O. The maximum atomic E-state index is 11.2. The molecule has 3 rings (SSSR count). The van der Waals surface area contributed by atoms with Crippen LogP contribution in [-0.2, 0) is 17.9 Å². The van der Waals surface area contributed by atoms with Crippen molar-refractivity contribution >= 4 is 23.2 Å². The lowest BCUT2D eigenvalue weighted by molar-refractivity contribution is -0.114. The monoisotopic (exact) mass is 351 g/mol. The highest BCUT2D eigenvalue weighted by Gasteiger charge is 2.06. The number of anilines is 1. The predicted octanol–water partition coefficient (Wildman–Crippen LogP) is 1.55. The van der Waals surface area contributed by atoms with Gasteiger partial charge in [0.15, 0.2) is 17.4 Å². The zero-order valence-electron chi connectivity index (χ0n) is 14.7. The molecule has 134 valence electrons. The van der Waals surface area contributed by atoms with Gasteiger partial charge in [0.25, 0.3) is 0 Å². The Morgan fingerprint density at radius 3 is 2.77 bits per heavy atom. The van der Waals surface area contributed by atoms with Crippen LogP contribution >= 0.6 is 0 Å². The van der Waals surface area contributed by atoms with Gasteiger partial charge in [-0.3, -0.25) is 14.2 Å². The topological polar surface area (TPSA) is 95.7 Å². The number of aromatic nitrogens is 3. The average Bonchev–Trinajstić information content (AvgIpc) is 3.05. The fraction of sp³-hybridized carbons (Fsp3) is 0.222. The average molecular weight is 351 g/mol. The molecule has 2 heterocycles. The van der Waals surface area contributed by atoms with Crippen molar-refractivity contribution in [1.29, 1.82) is 0 Å². The molecule has 0 spiro atoms. The van der Waals surface area contributed by atoms with Gasteiger partial charge in [0.2, 0.25) is 5.91 Å². The highest BCUT2D eigenvalue weighted by Crippen LogP contribution is 2.10. The second-order valence-electron chi connectivity index (χ2n) is 5.71. The Hall–Kier alpha value is -3.42. The fourth-order valence-electron chi connectivity index (χ4n) is 2.54. The highest BCUT2D eigenvalue weighted by atomic mass is 16.1. The first kappa shape index (κ1) is 17.4. The molecule has 1 aromatic carbocycles. The van der Waals surface area contributed by atoms with Crippen molar-refractivity contribution in [1.82, 2.24) is 25.2 Å². The van der Waals surface area contributed by atoms with Gasteiger partial charge in [0, 0.05) is 32.4 Å². The number of hydrogen-bond donors (Lipinski definition) is 3. The lowest BCUT2D eigenvalue weighted by Gasteiger charge is -2.12. The number of pyridine rings is 1. The summed E-state index contributed by atoms with van der Waals surface area (Å²) in [6, 6.07) is 13.4. The standard InChI is InChI=1S/C18H21N7O/c1-13(26)22-15-7-5-6-14(10-15)11-20-18(19-2)21-12-17-24-23-16-8-3-4-9-25(16)17/h3-10H,11-12H2,1-2H3,(H,22,26)(H2,19,20,21). The summed E-state index contributed by atoms with van der Waals surface area (Å²) in [6.07, 6.45) is 1.93. The minimum Gasteiger partial charge on any atom is -0.352 e. The van der Waals surface area contributed by atoms with Gasteiger partial charge in [-0.05, 0) is 29.8 Å². The van der Waals surface area contributed by atoms with E-state index in [9.17, 15) is 4.79 Å². The summed E-state index contributed by atoms with van der Waals surface area (Å²) >= 11 is 0. The Kier molecular flexibility index (Phi) is 5.43. The van der Waals surface area contributed by atoms with Crippen molar-refractivity contribution in [3.8, 4) is 0 Å². The van der Waals surface area contributed by atoms with Crippen LogP contribution in [0.25, 0.3) is 5.65 Å². The van der Waals surface area contributed by atoms with Gasteiger partial charge >= 0.3 is 0 Å². The van der Waals surface area contributed by atoms with Crippen molar-refractivity contribution < 1.29 is 4.79 Å². The molecule has 8 nitrogen and oxygen atoms in total. The highest BCUT2D eigenvalue weighted by molar-refractivity contribution is 5.88. The molecule has 1 amide bonds. The zero-order chi connectivity index (χ0) is 18.4. The Bertz CT molecular complexity index is 932. The van der Waals surface area contributed by atoms with Crippen LogP contribution in [0, 0.1) is 0 Å². The lowest BCUT2D eigenvalue weighted by atomic mass is 10.2. The van der Waals surface area contributed by atoms with E-state index < -0.39 is 0 Å². The Labute approximate surface area is 151 Å². The molecule has 0 fully saturated rings. The van der Waals surface area contributed by atoms with Crippen LogP contribution in [0.5, 0.6) is 0 Å². The van der Waals surface area contributed by atoms with E-state index >= 15 is 0 Å². The van der Waals surface area contributed by atoms with E-state index in [-0.39, 0.29) is 5.91 Å². The number of nitrogens with one attached hydrogen (secondary N) is 3. The number of amides is 1. The third-order valence-corrected chi connectivity index (χ3v) is 3.73. The van der Waals surface area contributed by atoms with E-state index in [0.29, 0.717) is 19.0 Å². The van der Waals surface area contributed by atoms with Gasteiger partial charge in [0.05, 0.1) is 6.54 Å². The quantitative estimate of drug-likeness (QED) is 0.479. The summed E-state index contributed by atoms with van der Waals surface area (Å²) in [4.78, 5) is 15.4. The maximum absolute atomic E-state index is 11.2. The molecule has 0 unspecified atom stereocenters. The fourth-order valence-corrected chi connectivity index (χ4v) is 2.54. The number of nitrogens with zero attached hydrogens (tertiary/aromatic N) is 4. The van der Waals surface area contributed by atoms with Crippen LogP contribution in [0.2, 0.25) is 0 Å². The Morgan fingerprint density at radius 2 is 1.96 bits per heavy atom. The molecule has 8 heteroatoms. The number of aliphatic imine (C=N–C) groups is 1. The number of rotatable bonds is 5. The lowest BCUT2D eigenvalue weighted by Crippen LogP contribution is -2.36. The summed E-state index contributed by atoms with van der Waals surface area (Å²) in [5.74, 6) is 1.37. The second kappa shape index (κ2) is 8.11. The summed E-state index contributed by atoms with van der Waals surface area (Å²) < 4.78 is 1.93. The van der Waals surface area contributed by atoms with Crippen LogP contribution in [0.3, 0.4) is 0 Å². The third kappa shape index (κ3) is 4.35. The smallest absolute Gasteiger partial charge is 0.221 e. The summed E-state index contributed by atoms with van der Waals surface area (Å²) in [5, 5.41) is 17.6. The van der Waals surface area contributed by atoms with Crippen LogP contribution in [0.4, 0.5) is 5.69 Å². The van der Waals surface area contributed by atoms with E-state index in [0.717, 1.165) is 22.7 Å².